The summed E-state index contributed by atoms with van der Waals surface area (Å²) in [5, 5.41) is 2.85. The zero-order valence-corrected chi connectivity index (χ0v) is 17.0. The zero-order chi connectivity index (χ0) is 21.5. The van der Waals surface area contributed by atoms with E-state index in [2.05, 4.69) is 15.3 Å². The SMILES string of the molecule is Cc1ccc(C(=O)NC[C@H]2OC[C@@H](n3ccc(=O)[nH]c3=O)[C@@H]3OC(C)(C)O[C@@H]32)cn1. The second-order valence-corrected chi connectivity index (χ2v) is 7.92. The van der Waals surface area contributed by atoms with Gasteiger partial charge < -0.3 is 19.5 Å². The molecule has 2 N–H and O–H groups in total. The maximum Gasteiger partial charge on any atom is 0.328 e. The molecule has 2 aliphatic heterocycles. The van der Waals surface area contributed by atoms with Gasteiger partial charge in [0.25, 0.3) is 11.5 Å². The molecular weight excluding hydrogens is 392 g/mol. The fraction of sp³-hybridized carbons (Fsp3) is 0.500. The number of aromatic amines is 1. The van der Waals surface area contributed by atoms with Gasteiger partial charge in [0.1, 0.15) is 18.3 Å². The number of hydrogen-bond acceptors (Lipinski definition) is 7. The minimum atomic E-state index is -0.879. The molecule has 0 spiro atoms. The van der Waals surface area contributed by atoms with Crippen LogP contribution in [0.2, 0.25) is 0 Å². The number of aromatic nitrogens is 3. The molecule has 1 amide bonds. The number of hydrogen-bond donors (Lipinski definition) is 2. The Morgan fingerprint density at radius 1 is 1.27 bits per heavy atom. The summed E-state index contributed by atoms with van der Waals surface area (Å²) in [4.78, 5) is 42.5. The van der Waals surface area contributed by atoms with Gasteiger partial charge in [-0.3, -0.25) is 24.1 Å². The summed E-state index contributed by atoms with van der Waals surface area (Å²) in [5.74, 6) is -1.14. The van der Waals surface area contributed by atoms with Crippen molar-refractivity contribution in [2.45, 2.75) is 50.9 Å². The summed E-state index contributed by atoms with van der Waals surface area (Å²) < 4.78 is 19.4. The highest BCUT2D eigenvalue weighted by Crippen LogP contribution is 2.39. The predicted octanol–water partition coefficient (Wildman–Crippen LogP) is 0.130. The summed E-state index contributed by atoms with van der Waals surface area (Å²) >= 11 is 0. The summed E-state index contributed by atoms with van der Waals surface area (Å²) in [6, 6.07) is 4.28. The second kappa shape index (κ2) is 7.78. The standard InChI is InChI=1S/C20H24N4O6/c1-11-4-5-12(8-21-11)18(26)22-9-14-17-16(29-20(2,3)30-17)13(10-28-14)24-7-6-15(25)23-19(24)27/h4-8,13-14,16-17H,9-10H2,1-3H3,(H,22,26)(H,23,25,27)/t13-,14-,16+,17-/m1/s1. The number of fused-ring (bicyclic) bond motifs is 1. The van der Waals surface area contributed by atoms with Crippen molar-refractivity contribution in [3.05, 3.63) is 62.7 Å². The van der Waals surface area contributed by atoms with Crippen LogP contribution >= 0.6 is 0 Å². The van der Waals surface area contributed by atoms with Gasteiger partial charge in [-0.15, -0.1) is 0 Å². The van der Waals surface area contributed by atoms with Crippen LogP contribution in [0, 0.1) is 6.92 Å². The minimum Gasteiger partial charge on any atom is -0.371 e. The third-order valence-electron chi connectivity index (χ3n) is 5.24. The molecule has 4 heterocycles. The van der Waals surface area contributed by atoms with Gasteiger partial charge in [-0.05, 0) is 32.9 Å². The smallest absolute Gasteiger partial charge is 0.328 e. The summed E-state index contributed by atoms with van der Waals surface area (Å²) in [5.41, 5.74) is 0.267. The average Bonchev–Trinajstić information content (AvgIpc) is 3.02. The number of ether oxygens (including phenoxy) is 3. The predicted molar refractivity (Wildman–Crippen MR) is 105 cm³/mol. The van der Waals surface area contributed by atoms with Crippen LogP contribution in [0.3, 0.4) is 0 Å². The number of carbonyl (C=O) groups excluding carboxylic acids is 1. The maximum absolute atomic E-state index is 12.4. The van der Waals surface area contributed by atoms with E-state index >= 15 is 0 Å². The first-order valence-corrected chi connectivity index (χ1v) is 9.73. The number of aryl methyl sites for hydroxylation is 1. The lowest BCUT2D eigenvalue weighted by Crippen LogP contribution is -2.54. The summed E-state index contributed by atoms with van der Waals surface area (Å²) in [7, 11) is 0. The van der Waals surface area contributed by atoms with Crippen LogP contribution in [0.5, 0.6) is 0 Å². The van der Waals surface area contributed by atoms with Crippen LogP contribution in [0.4, 0.5) is 0 Å². The molecule has 4 atom stereocenters. The lowest BCUT2D eigenvalue weighted by atomic mass is 9.97. The van der Waals surface area contributed by atoms with Gasteiger partial charge in [0.2, 0.25) is 0 Å². The molecule has 0 saturated carbocycles. The number of pyridine rings is 1. The molecule has 160 valence electrons. The Morgan fingerprint density at radius 3 is 2.73 bits per heavy atom. The summed E-state index contributed by atoms with van der Waals surface area (Å²) in [6.07, 6.45) is 1.49. The first kappa shape index (κ1) is 20.5. The van der Waals surface area contributed by atoms with Crippen molar-refractivity contribution >= 4 is 5.91 Å². The molecule has 0 aromatic carbocycles. The molecule has 2 aliphatic rings. The van der Waals surface area contributed by atoms with Crippen molar-refractivity contribution in [2.24, 2.45) is 0 Å². The van der Waals surface area contributed by atoms with E-state index in [0.29, 0.717) is 5.56 Å². The Labute approximate surface area is 172 Å². The molecule has 10 nitrogen and oxygen atoms in total. The lowest BCUT2D eigenvalue weighted by Gasteiger charge is -2.37. The van der Waals surface area contributed by atoms with Crippen LogP contribution < -0.4 is 16.6 Å². The first-order valence-electron chi connectivity index (χ1n) is 9.73. The Bertz CT molecular complexity index is 1040. The van der Waals surface area contributed by atoms with Crippen LogP contribution in [-0.2, 0) is 14.2 Å². The Balaban J connectivity index is 1.50. The quantitative estimate of drug-likeness (QED) is 0.726. The van der Waals surface area contributed by atoms with Gasteiger partial charge in [0, 0.05) is 30.7 Å². The van der Waals surface area contributed by atoms with Gasteiger partial charge >= 0.3 is 5.69 Å². The van der Waals surface area contributed by atoms with E-state index in [1.54, 1.807) is 26.0 Å². The van der Waals surface area contributed by atoms with Gasteiger partial charge in [-0.25, -0.2) is 4.79 Å². The lowest BCUT2D eigenvalue weighted by molar-refractivity contribution is -0.153. The molecule has 2 aromatic rings. The minimum absolute atomic E-state index is 0.166. The van der Waals surface area contributed by atoms with Crippen LogP contribution in [-0.4, -0.2) is 57.7 Å². The zero-order valence-electron chi connectivity index (χ0n) is 17.0. The Hall–Kier alpha value is -2.82. The van der Waals surface area contributed by atoms with Gasteiger partial charge in [0.15, 0.2) is 5.79 Å². The molecule has 0 radical (unpaired) electrons. The Kier molecular flexibility index (Phi) is 5.31. The Morgan fingerprint density at radius 2 is 2.03 bits per heavy atom. The number of H-pyrrole nitrogens is 1. The largest absolute Gasteiger partial charge is 0.371 e. The van der Waals surface area contributed by atoms with Crippen LogP contribution in [0.15, 0.2) is 40.2 Å². The third-order valence-corrected chi connectivity index (χ3v) is 5.24. The van der Waals surface area contributed by atoms with Crippen molar-refractivity contribution in [3.63, 3.8) is 0 Å². The summed E-state index contributed by atoms with van der Waals surface area (Å²) in [6.45, 7) is 5.79. The fourth-order valence-corrected chi connectivity index (χ4v) is 3.81. The molecule has 2 fully saturated rings. The maximum atomic E-state index is 12.4. The monoisotopic (exact) mass is 416 g/mol. The molecule has 2 saturated heterocycles. The molecule has 10 heteroatoms. The molecule has 2 aromatic heterocycles. The highest BCUT2D eigenvalue weighted by atomic mass is 16.8. The fourth-order valence-electron chi connectivity index (χ4n) is 3.81. The van der Waals surface area contributed by atoms with Crippen molar-refractivity contribution in [1.29, 1.82) is 0 Å². The van der Waals surface area contributed by atoms with E-state index in [-0.39, 0.29) is 19.1 Å². The molecule has 30 heavy (non-hydrogen) atoms. The highest BCUT2D eigenvalue weighted by Gasteiger charge is 2.52. The van der Waals surface area contributed by atoms with Crippen molar-refractivity contribution < 1.29 is 19.0 Å². The third kappa shape index (κ3) is 4.07. The topological polar surface area (TPSA) is 125 Å². The number of rotatable bonds is 4. The number of nitrogens with zero attached hydrogens (tertiary/aromatic N) is 2. The van der Waals surface area contributed by atoms with Gasteiger partial charge in [0.05, 0.1) is 18.2 Å². The molecule has 4 rings (SSSR count). The molecule has 0 aliphatic carbocycles. The van der Waals surface area contributed by atoms with Crippen LogP contribution in [0.25, 0.3) is 0 Å². The van der Waals surface area contributed by atoms with E-state index < -0.39 is 41.4 Å². The van der Waals surface area contributed by atoms with Gasteiger partial charge in [-0.2, -0.15) is 0 Å². The van der Waals surface area contributed by atoms with Crippen molar-refractivity contribution in [3.8, 4) is 0 Å². The second-order valence-electron chi connectivity index (χ2n) is 7.92. The van der Waals surface area contributed by atoms with E-state index in [0.717, 1.165) is 5.69 Å². The van der Waals surface area contributed by atoms with E-state index in [1.807, 2.05) is 6.92 Å². The molecule has 0 unspecified atom stereocenters. The van der Waals surface area contributed by atoms with Crippen molar-refractivity contribution in [1.82, 2.24) is 19.9 Å². The van der Waals surface area contributed by atoms with Crippen LogP contribution in [0.1, 0.15) is 35.9 Å². The van der Waals surface area contributed by atoms with E-state index in [9.17, 15) is 14.4 Å². The normalized spacial score (nSPS) is 27.4. The molecular formula is C20H24N4O6. The van der Waals surface area contributed by atoms with Gasteiger partial charge in [-0.1, -0.05) is 0 Å². The van der Waals surface area contributed by atoms with E-state index in [4.69, 9.17) is 14.2 Å². The molecule has 0 bridgehead atoms. The average molecular weight is 416 g/mol. The van der Waals surface area contributed by atoms with Crippen molar-refractivity contribution in [2.75, 3.05) is 13.2 Å². The van der Waals surface area contributed by atoms with E-state index in [1.165, 1.54) is 23.0 Å². The number of nitrogens with one attached hydrogen (secondary N) is 2. The number of amides is 1. The highest BCUT2D eigenvalue weighted by molar-refractivity contribution is 5.93. The first-order chi connectivity index (χ1) is 14.2. The number of carbonyl (C=O) groups is 1.